The van der Waals surface area contributed by atoms with Crippen molar-refractivity contribution in [1.29, 1.82) is 0 Å². The fourth-order valence-corrected chi connectivity index (χ4v) is 1.88. The van der Waals surface area contributed by atoms with E-state index in [1.54, 1.807) is 0 Å². The summed E-state index contributed by atoms with van der Waals surface area (Å²) in [5.41, 5.74) is 1.10. The molecule has 0 N–H and O–H groups in total. The van der Waals surface area contributed by atoms with Crippen LogP contribution in [-0.2, 0) is 25.7 Å². The summed E-state index contributed by atoms with van der Waals surface area (Å²) in [6, 6.07) is 9.87. The Morgan fingerprint density at radius 2 is 1.76 bits per heavy atom. The van der Waals surface area contributed by atoms with Gasteiger partial charge in [0, 0.05) is 19.3 Å². The zero-order valence-corrected chi connectivity index (χ0v) is 13.0. The third-order valence-corrected chi connectivity index (χ3v) is 3.15. The third-order valence-electron chi connectivity index (χ3n) is 3.15. The minimum absolute atomic E-state index is 0.0398. The largest absolute Gasteiger partial charge is 0.466 e. The van der Waals surface area contributed by atoms with Gasteiger partial charge in [0.05, 0.1) is 19.8 Å². The topological polar surface area (TPSA) is 52.6 Å². The number of carbonyl (C=O) groups excluding carboxylic acids is 2. The minimum atomic E-state index is -0.312. The molecule has 0 saturated heterocycles. The van der Waals surface area contributed by atoms with Gasteiger partial charge in [-0.2, -0.15) is 0 Å². The maximum Gasteiger partial charge on any atom is 0.302 e. The van der Waals surface area contributed by atoms with Crippen LogP contribution in [0.2, 0.25) is 0 Å². The molecule has 0 aromatic heterocycles. The number of carbonyl (C=O) groups is 2. The molecule has 1 aromatic rings. The van der Waals surface area contributed by atoms with Gasteiger partial charge in [-0.15, -0.1) is 0 Å². The highest BCUT2D eigenvalue weighted by Crippen LogP contribution is 2.11. The maximum absolute atomic E-state index is 12.0. The molecule has 0 saturated carbocycles. The number of hydrogen-bond donors (Lipinski definition) is 0. The van der Waals surface area contributed by atoms with Crippen molar-refractivity contribution in [1.82, 2.24) is 0 Å². The quantitative estimate of drug-likeness (QED) is 0.657. The summed E-state index contributed by atoms with van der Waals surface area (Å²) < 4.78 is 10.5. The van der Waals surface area contributed by atoms with Crippen molar-refractivity contribution in [2.45, 2.75) is 33.8 Å². The normalized spacial score (nSPS) is 13.5. The number of ketones is 1. The molecule has 0 aliphatic carbocycles. The molecule has 2 atom stereocenters. The summed E-state index contributed by atoms with van der Waals surface area (Å²) in [5, 5.41) is 0. The average molecular weight is 292 g/mol. The summed E-state index contributed by atoms with van der Waals surface area (Å²) >= 11 is 0. The average Bonchev–Trinajstić information content (AvgIpc) is 2.46. The van der Waals surface area contributed by atoms with Crippen LogP contribution in [0.15, 0.2) is 30.3 Å². The van der Waals surface area contributed by atoms with Crippen molar-refractivity contribution >= 4 is 11.8 Å². The summed E-state index contributed by atoms with van der Waals surface area (Å²) in [7, 11) is 0. The molecular weight excluding hydrogens is 268 g/mol. The summed E-state index contributed by atoms with van der Waals surface area (Å²) in [6.45, 7) is 6.35. The first-order valence-corrected chi connectivity index (χ1v) is 7.26. The Hall–Kier alpha value is -1.68. The molecule has 21 heavy (non-hydrogen) atoms. The van der Waals surface area contributed by atoms with Crippen molar-refractivity contribution in [2.24, 2.45) is 11.8 Å². The molecule has 0 aliphatic rings. The molecule has 1 aromatic carbocycles. The van der Waals surface area contributed by atoms with E-state index in [4.69, 9.17) is 9.47 Å². The highest BCUT2D eigenvalue weighted by atomic mass is 16.5. The number of benzene rings is 1. The number of rotatable bonds is 9. The molecule has 0 aliphatic heterocycles. The highest BCUT2D eigenvalue weighted by molar-refractivity contribution is 5.81. The number of ether oxygens (including phenoxy) is 2. The molecule has 0 bridgehead atoms. The molecule has 4 nitrogen and oxygen atoms in total. The maximum atomic E-state index is 12.0. The second-order valence-electron chi connectivity index (χ2n) is 5.48. The molecule has 1 rings (SSSR count). The number of Topliss-reactive ketones (excluding diaryl/α,β-unsaturated/α-hetero) is 1. The van der Waals surface area contributed by atoms with Crippen LogP contribution in [0.1, 0.15) is 32.8 Å². The van der Waals surface area contributed by atoms with Gasteiger partial charge in [0.1, 0.15) is 5.78 Å². The van der Waals surface area contributed by atoms with Gasteiger partial charge in [-0.1, -0.05) is 44.2 Å². The standard InChI is InChI=1S/C17H24O4/c1-13(10-21-15(3)18)9-17(19)14(2)11-20-12-16-7-5-4-6-8-16/h4-8,13-14H,9-12H2,1-3H3/t13-,14+/m0/s1. The van der Waals surface area contributed by atoms with Gasteiger partial charge < -0.3 is 9.47 Å². The zero-order chi connectivity index (χ0) is 15.7. The molecule has 0 amide bonds. The van der Waals surface area contributed by atoms with E-state index in [1.807, 2.05) is 44.2 Å². The lowest BCUT2D eigenvalue weighted by molar-refractivity contribution is -0.143. The lowest BCUT2D eigenvalue weighted by atomic mass is 9.97. The van der Waals surface area contributed by atoms with E-state index in [0.717, 1.165) is 5.56 Å². The fourth-order valence-electron chi connectivity index (χ4n) is 1.88. The van der Waals surface area contributed by atoms with Gasteiger partial charge in [0.2, 0.25) is 0 Å². The predicted octanol–water partition coefficient (Wildman–Crippen LogP) is 3.00. The molecular formula is C17H24O4. The van der Waals surface area contributed by atoms with Crippen LogP contribution in [0.5, 0.6) is 0 Å². The van der Waals surface area contributed by atoms with Crippen LogP contribution in [0.4, 0.5) is 0 Å². The van der Waals surface area contributed by atoms with E-state index in [-0.39, 0.29) is 23.6 Å². The summed E-state index contributed by atoms with van der Waals surface area (Å²) in [4.78, 5) is 22.7. The first-order chi connectivity index (χ1) is 9.99. The summed E-state index contributed by atoms with van der Waals surface area (Å²) in [6.07, 6.45) is 0.406. The van der Waals surface area contributed by atoms with Crippen molar-refractivity contribution in [3.63, 3.8) is 0 Å². The van der Waals surface area contributed by atoms with Gasteiger partial charge in [-0.3, -0.25) is 9.59 Å². The van der Waals surface area contributed by atoms with Crippen LogP contribution in [0, 0.1) is 11.8 Å². The Labute approximate surface area is 126 Å². The molecule has 0 radical (unpaired) electrons. The van der Waals surface area contributed by atoms with E-state index in [0.29, 0.717) is 26.2 Å². The number of hydrogen-bond acceptors (Lipinski definition) is 4. The second kappa shape index (κ2) is 9.29. The summed E-state index contributed by atoms with van der Waals surface area (Å²) in [5.74, 6) is -0.275. The minimum Gasteiger partial charge on any atom is -0.466 e. The first-order valence-electron chi connectivity index (χ1n) is 7.26. The molecule has 0 fully saturated rings. The van der Waals surface area contributed by atoms with Gasteiger partial charge >= 0.3 is 5.97 Å². The van der Waals surface area contributed by atoms with Crippen LogP contribution in [0.25, 0.3) is 0 Å². The number of esters is 1. The molecule has 4 heteroatoms. The van der Waals surface area contributed by atoms with Crippen LogP contribution in [0.3, 0.4) is 0 Å². The van der Waals surface area contributed by atoms with E-state index in [9.17, 15) is 9.59 Å². The Morgan fingerprint density at radius 3 is 2.38 bits per heavy atom. The SMILES string of the molecule is CC(=O)OC[C@@H](C)CC(=O)[C@H](C)COCc1ccccc1. The molecule has 0 spiro atoms. The van der Waals surface area contributed by atoms with Crippen LogP contribution < -0.4 is 0 Å². The zero-order valence-electron chi connectivity index (χ0n) is 13.0. The van der Waals surface area contributed by atoms with Gasteiger partial charge in [0.15, 0.2) is 0 Å². The Balaban J connectivity index is 2.23. The lowest BCUT2D eigenvalue weighted by Gasteiger charge is -2.15. The highest BCUT2D eigenvalue weighted by Gasteiger charge is 2.17. The third kappa shape index (κ3) is 7.61. The van der Waals surface area contributed by atoms with Crippen molar-refractivity contribution in [3.05, 3.63) is 35.9 Å². The fraction of sp³-hybridized carbons (Fsp3) is 0.529. The van der Waals surface area contributed by atoms with Gasteiger partial charge in [-0.05, 0) is 11.5 Å². The van der Waals surface area contributed by atoms with Gasteiger partial charge in [-0.25, -0.2) is 0 Å². The smallest absolute Gasteiger partial charge is 0.302 e. The lowest BCUT2D eigenvalue weighted by Crippen LogP contribution is -2.21. The molecule has 116 valence electrons. The second-order valence-corrected chi connectivity index (χ2v) is 5.48. The molecule has 0 unspecified atom stereocenters. The van der Waals surface area contributed by atoms with Gasteiger partial charge in [0.25, 0.3) is 0 Å². The molecule has 0 heterocycles. The van der Waals surface area contributed by atoms with Crippen LogP contribution >= 0.6 is 0 Å². The van der Waals surface area contributed by atoms with Crippen LogP contribution in [-0.4, -0.2) is 25.0 Å². The monoisotopic (exact) mass is 292 g/mol. The first kappa shape index (κ1) is 17.4. The Morgan fingerprint density at radius 1 is 1.10 bits per heavy atom. The van der Waals surface area contributed by atoms with E-state index < -0.39 is 0 Å². The van der Waals surface area contributed by atoms with E-state index in [1.165, 1.54) is 6.92 Å². The van der Waals surface area contributed by atoms with Crippen molar-refractivity contribution in [3.8, 4) is 0 Å². The van der Waals surface area contributed by atoms with E-state index >= 15 is 0 Å². The Bertz CT molecular complexity index is 441. The predicted molar refractivity (Wildman–Crippen MR) is 80.7 cm³/mol. The Kier molecular flexibility index (Phi) is 7.69. The van der Waals surface area contributed by atoms with Crippen molar-refractivity contribution < 1.29 is 19.1 Å². The van der Waals surface area contributed by atoms with E-state index in [2.05, 4.69) is 0 Å². The van der Waals surface area contributed by atoms with Crippen molar-refractivity contribution in [2.75, 3.05) is 13.2 Å².